The summed E-state index contributed by atoms with van der Waals surface area (Å²) in [5.41, 5.74) is 1.55. The number of aromatic nitrogens is 2. The third kappa shape index (κ3) is 1.76. The van der Waals surface area contributed by atoms with Crippen LogP contribution in [0, 0.1) is 0 Å². The van der Waals surface area contributed by atoms with Crippen molar-refractivity contribution in [2.75, 3.05) is 0 Å². The smallest absolute Gasteiger partial charge is 0.272 e. The number of H-pyrrole nitrogens is 1. The van der Waals surface area contributed by atoms with E-state index in [1.807, 2.05) is 47.9 Å². The summed E-state index contributed by atoms with van der Waals surface area (Å²) in [5.74, 6) is 0. The lowest BCUT2D eigenvalue weighted by Gasteiger charge is -1.99. The maximum atomic E-state index is 11.4. The first-order chi connectivity index (χ1) is 7.33. The van der Waals surface area contributed by atoms with Gasteiger partial charge in [-0.05, 0) is 25.1 Å². The number of nitrogens with zero attached hydrogens (tertiary/aromatic N) is 1. The van der Waals surface area contributed by atoms with Crippen molar-refractivity contribution in [3.8, 4) is 0 Å². The van der Waals surface area contributed by atoms with Gasteiger partial charge in [0.15, 0.2) is 0 Å². The molecule has 0 fully saturated rings. The first kappa shape index (κ1) is 9.52. The van der Waals surface area contributed by atoms with Crippen molar-refractivity contribution >= 4 is 11.6 Å². The molecule has 0 atom stereocenters. The van der Waals surface area contributed by atoms with E-state index in [9.17, 15) is 4.79 Å². The van der Waals surface area contributed by atoms with E-state index < -0.39 is 0 Å². The van der Waals surface area contributed by atoms with Crippen molar-refractivity contribution in [2.45, 2.75) is 6.92 Å². The maximum absolute atomic E-state index is 11.4. The summed E-state index contributed by atoms with van der Waals surface area (Å²) in [6, 6.07) is 3.66. The third-order valence-electron chi connectivity index (χ3n) is 2.18. The van der Waals surface area contributed by atoms with Crippen LogP contribution in [-0.2, 0) is 0 Å². The molecule has 2 aromatic rings. The molecule has 0 aliphatic heterocycles. The fraction of sp³-hybridized carbons (Fsp3) is 0.0833. The van der Waals surface area contributed by atoms with Crippen molar-refractivity contribution in [1.29, 1.82) is 0 Å². The Morgan fingerprint density at radius 2 is 2.27 bits per heavy atom. The zero-order valence-corrected chi connectivity index (χ0v) is 8.47. The van der Waals surface area contributed by atoms with Crippen LogP contribution in [0.3, 0.4) is 0 Å². The molecule has 2 heterocycles. The van der Waals surface area contributed by atoms with Gasteiger partial charge in [-0.25, -0.2) is 0 Å². The van der Waals surface area contributed by atoms with Crippen molar-refractivity contribution < 1.29 is 0 Å². The molecule has 0 aliphatic carbocycles. The highest BCUT2D eigenvalue weighted by molar-refractivity contribution is 5.54. The van der Waals surface area contributed by atoms with Gasteiger partial charge in [-0.1, -0.05) is 18.2 Å². The summed E-state index contributed by atoms with van der Waals surface area (Å²) < 4.78 is 1.86. The molecule has 0 radical (unpaired) electrons. The van der Waals surface area contributed by atoms with Gasteiger partial charge < -0.3 is 9.38 Å². The summed E-state index contributed by atoms with van der Waals surface area (Å²) in [6.07, 6.45) is 11.4. The molecular weight excluding hydrogens is 188 g/mol. The summed E-state index contributed by atoms with van der Waals surface area (Å²) in [7, 11) is 0. The fourth-order valence-corrected chi connectivity index (χ4v) is 1.47. The number of rotatable bonds is 2. The molecule has 0 aliphatic rings. The zero-order valence-electron chi connectivity index (χ0n) is 8.47. The van der Waals surface area contributed by atoms with Gasteiger partial charge in [0.1, 0.15) is 5.52 Å². The highest BCUT2D eigenvalue weighted by Gasteiger charge is 1.99. The Bertz CT molecular complexity index is 573. The standard InChI is InChI=1S/C12H12N2O/c1-2-3-4-6-10-9-13-12(15)11-7-5-8-14(10)11/h2-9H,1H3,(H,13,15)/b3-2-,6-4-. The molecule has 3 nitrogen and oxygen atoms in total. The zero-order chi connectivity index (χ0) is 10.7. The van der Waals surface area contributed by atoms with Gasteiger partial charge in [-0.2, -0.15) is 0 Å². The minimum absolute atomic E-state index is 0.0665. The summed E-state index contributed by atoms with van der Waals surface area (Å²) in [4.78, 5) is 14.1. The Morgan fingerprint density at radius 1 is 1.40 bits per heavy atom. The molecule has 2 rings (SSSR count). The van der Waals surface area contributed by atoms with Crippen LogP contribution in [0.25, 0.3) is 11.6 Å². The third-order valence-corrected chi connectivity index (χ3v) is 2.18. The van der Waals surface area contributed by atoms with E-state index in [1.54, 1.807) is 12.3 Å². The van der Waals surface area contributed by atoms with Crippen LogP contribution in [0.15, 0.2) is 47.5 Å². The molecular formula is C12H12N2O. The maximum Gasteiger partial charge on any atom is 0.272 e. The monoisotopic (exact) mass is 200 g/mol. The SMILES string of the molecule is C/C=C\C=C/c1c[nH]c(=O)c2cccn12. The van der Waals surface area contributed by atoms with Crippen LogP contribution < -0.4 is 5.56 Å². The van der Waals surface area contributed by atoms with E-state index in [2.05, 4.69) is 4.98 Å². The molecule has 76 valence electrons. The highest BCUT2D eigenvalue weighted by Crippen LogP contribution is 2.04. The normalized spacial score (nSPS) is 12.1. The number of allylic oxidation sites excluding steroid dienone is 3. The van der Waals surface area contributed by atoms with Crippen LogP contribution in [0.4, 0.5) is 0 Å². The molecule has 0 bridgehead atoms. The molecule has 15 heavy (non-hydrogen) atoms. The largest absolute Gasteiger partial charge is 0.325 e. The molecule has 3 heteroatoms. The minimum Gasteiger partial charge on any atom is -0.325 e. The van der Waals surface area contributed by atoms with Gasteiger partial charge in [0.25, 0.3) is 5.56 Å². The number of fused-ring (bicyclic) bond motifs is 1. The van der Waals surface area contributed by atoms with E-state index >= 15 is 0 Å². The average molecular weight is 200 g/mol. The Morgan fingerprint density at radius 3 is 3.07 bits per heavy atom. The van der Waals surface area contributed by atoms with Crippen molar-refractivity contribution in [1.82, 2.24) is 9.38 Å². The van der Waals surface area contributed by atoms with E-state index in [1.165, 1.54) is 0 Å². The molecule has 0 amide bonds. The highest BCUT2D eigenvalue weighted by atomic mass is 16.1. The fourth-order valence-electron chi connectivity index (χ4n) is 1.47. The second kappa shape index (κ2) is 4.00. The first-order valence-corrected chi connectivity index (χ1v) is 4.81. The first-order valence-electron chi connectivity index (χ1n) is 4.81. The quantitative estimate of drug-likeness (QED) is 0.741. The van der Waals surface area contributed by atoms with Crippen molar-refractivity contribution in [3.63, 3.8) is 0 Å². The van der Waals surface area contributed by atoms with Crippen molar-refractivity contribution in [3.05, 3.63) is 58.8 Å². The van der Waals surface area contributed by atoms with Crippen LogP contribution >= 0.6 is 0 Å². The lowest BCUT2D eigenvalue weighted by atomic mass is 10.3. The summed E-state index contributed by atoms with van der Waals surface area (Å²) >= 11 is 0. The van der Waals surface area contributed by atoms with E-state index in [-0.39, 0.29) is 5.56 Å². The second-order valence-electron chi connectivity index (χ2n) is 3.19. The Hall–Kier alpha value is -2.03. The second-order valence-corrected chi connectivity index (χ2v) is 3.19. The molecule has 0 unspecified atom stereocenters. The lowest BCUT2D eigenvalue weighted by Crippen LogP contribution is -2.09. The van der Waals surface area contributed by atoms with Gasteiger partial charge in [0, 0.05) is 12.4 Å². The predicted octanol–water partition coefficient (Wildman–Crippen LogP) is 2.22. The van der Waals surface area contributed by atoms with Crippen LogP contribution in [0.5, 0.6) is 0 Å². The van der Waals surface area contributed by atoms with Gasteiger partial charge in [0.2, 0.25) is 0 Å². The molecule has 1 N–H and O–H groups in total. The number of nitrogens with one attached hydrogen (secondary N) is 1. The number of hydrogen-bond donors (Lipinski definition) is 1. The van der Waals surface area contributed by atoms with E-state index in [4.69, 9.17) is 0 Å². The van der Waals surface area contributed by atoms with Gasteiger partial charge in [0.05, 0.1) is 5.69 Å². The molecule has 0 aromatic carbocycles. The van der Waals surface area contributed by atoms with Gasteiger partial charge in [-0.3, -0.25) is 4.79 Å². The summed E-state index contributed by atoms with van der Waals surface area (Å²) in [5, 5.41) is 0. The van der Waals surface area contributed by atoms with Crippen LogP contribution in [0.2, 0.25) is 0 Å². The average Bonchev–Trinajstić information content (AvgIpc) is 2.71. The molecule has 2 aromatic heterocycles. The summed E-state index contributed by atoms with van der Waals surface area (Å²) in [6.45, 7) is 1.96. The predicted molar refractivity (Wildman–Crippen MR) is 61.9 cm³/mol. The topological polar surface area (TPSA) is 37.3 Å². The Balaban J connectivity index is 2.57. The minimum atomic E-state index is -0.0665. The van der Waals surface area contributed by atoms with Gasteiger partial charge in [-0.15, -0.1) is 0 Å². The molecule has 0 saturated carbocycles. The van der Waals surface area contributed by atoms with Crippen LogP contribution in [-0.4, -0.2) is 9.38 Å². The number of aromatic amines is 1. The van der Waals surface area contributed by atoms with E-state index in [0.29, 0.717) is 5.52 Å². The Labute approximate surface area is 87.4 Å². The van der Waals surface area contributed by atoms with Crippen LogP contribution in [0.1, 0.15) is 12.6 Å². The van der Waals surface area contributed by atoms with E-state index in [0.717, 1.165) is 5.69 Å². The Kier molecular flexibility index (Phi) is 2.54. The van der Waals surface area contributed by atoms with Gasteiger partial charge >= 0.3 is 0 Å². The molecule has 0 spiro atoms. The lowest BCUT2D eigenvalue weighted by molar-refractivity contribution is 1.09. The molecule has 0 saturated heterocycles. The number of hydrogen-bond acceptors (Lipinski definition) is 1. The van der Waals surface area contributed by atoms with Crippen molar-refractivity contribution in [2.24, 2.45) is 0 Å².